The Kier molecular flexibility index (Phi) is 7.00. The SMILES string of the molecule is CC(n1c(=O)n(-c2cccc(OC(F)(F)C(F)F)c2)c2ccc(C(=O)CC3(C)CS(=O)(=O)C3)cc21)C(C)(C)O. The van der Waals surface area contributed by atoms with Gasteiger partial charge in [0.2, 0.25) is 0 Å². The van der Waals surface area contributed by atoms with Gasteiger partial charge in [-0.05, 0) is 51.1 Å². The first kappa shape index (κ1) is 28.8. The largest absolute Gasteiger partial charge is 0.461 e. The van der Waals surface area contributed by atoms with E-state index in [1.165, 1.54) is 48.7 Å². The minimum Gasteiger partial charge on any atom is -0.428 e. The Morgan fingerprint density at radius 1 is 1.13 bits per heavy atom. The molecule has 212 valence electrons. The molecule has 1 saturated heterocycles. The number of hydrogen-bond donors (Lipinski definition) is 1. The quantitative estimate of drug-likeness (QED) is 0.302. The van der Waals surface area contributed by atoms with Crippen LogP contribution in [0.25, 0.3) is 16.7 Å². The molecule has 13 heteroatoms. The Balaban J connectivity index is 1.83. The van der Waals surface area contributed by atoms with Gasteiger partial charge in [0.25, 0.3) is 0 Å². The molecule has 0 aliphatic carbocycles. The number of aromatic nitrogens is 2. The molecular weight excluding hydrogens is 544 g/mol. The zero-order chi connectivity index (χ0) is 29.1. The fraction of sp³-hybridized carbons (Fsp3) is 0.462. The second-order valence-electron chi connectivity index (χ2n) is 10.9. The van der Waals surface area contributed by atoms with Crippen LogP contribution in [-0.4, -0.2) is 58.1 Å². The second-order valence-corrected chi connectivity index (χ2v) is 13.0. The third kappa shape index (κ3) is 5.60. The lowest BCUT2D eigenvalue weighted by atomic mass is 9.86. The molecule has 3 aromatic rings. The van der Waals surface area contributed by atoms with E-state index < -0.39 is 50.9 Å². The van der Waals surface area contributed by atoms with E-state index in [9.17, 15) is 40.7 Å². The van der Waals surface area contributed by atoms with Crippen LogP contribution >= 0.6 is 0 Å². The van der Waals surface area contributed by atoms with E-state index in [0.29, 0.717) is 0 Å². The lowest BCUT2D eigenvalue weighted by Crippen LogP contribution is -2.47. The predicted octanol–water partition coefficient (Wildman–Crippen LogP) is 4.37. The molecule has 8 nitrogen and oxygen atoms in total. The average molecular weight is 573 g/mol. The fourth-order valence-corrected chi connectivity index (χ4v) is 7.07. The van der Waals surface area contributed by atoms with Crippen molar-refractivity contribution in [3.63, 3.8) is 0 Å². The van der Waals surface area contributed by atoms with Gasteiger partial charge in [-0.25, -0.2) is 13.2 Å². The molecule has 0 saturated carbocycles. The van der Waals surface area contributed by atoms with Gasteiger partial charge in [-0.1, -0.05) is 13.0 Å². The molecule has 2 aromatic carbocycles. The number of alkyl halides is 4. The Labute approximate surface area is 221 Å². The van der Waals surface area contributed by atoms with Crippen molar-refractivity contribution in [2.24, 2.45) is 5.41 Å². The molecule has 1 aliphatic heterocycles. The van der Waals surface area contributed by atoms with Crippen molar-refractivity contribution >= 4 is 26.7 Å². The zero-order valence-electron chi connectivity index (χ0n) is 21.6. The standard InChI is InChI=1S/C26H28F4N2O6S/c1-15(24(2,3)35)31-20-10-16(21(33)12-25(4)13-39(36,37)14-25)8-9-19(20)32(23(31)34)17-6-5-7-18(11-17)38-26(29,30)22(27)28/h5-11,15,22,35H,12-14H2,1-4H3. The lowest BCUT2D eigenvalue weighted by molar-refractivity contribution is -0.253. The number of nitrogens with zero attached hydrogens (tertiary/aromatic N) is 2. The summed E-state index contributed by atoms with van der Waals surface area (Å²) in [6.45, 7) is 6.27. The van der Waals surface area contributed by atoms with Crippen molar-refractivity contribution in [2.75, 3.05) is 11.5 Å². The van der Waals surface area contributed by atoms with Crippen molar-refractivity contribution in [1.82, 2.24) is 9.13 Å². The topological polar surface area (TPSA) is 108 Å². The van der Waals surface area contributed by atoms with Gasteiger partial charge < -0.3 is 9.84 Å². The number of imidazole rings is 1. The zero-order valence-corrected chi connectivity index (χ0v) is 22.4. The number of ketones is 1. The maximum absolute atomic E-state index is 13.7. The molecule has 0 spiro atoms. The van der Waals surface area contributed by atoms with Gasteiger partial charge in [0.05, 0.1) is 39.9 Å². The highest BCUT2D eigenvalue weighted by molar-refractivity contribution is 7.92. The molecule has 1 aromatic heterocycles. The Bertz CT molecular complexity index is 1590. The molecule has 0 bridgehead atoms. The summed E-state index contributed by atoms with van der Waals surface area (Å²) in [5.41, 5.74) is -2.03. The van der Waals surface area contributed by atoms with Crippen LogP contribution < -0.4 is 10.4 Å². The van der Waals surface area contributed by atoms with E-state index in [2.05, 4.69) is 4.74 Å². The van der Waals surface area contributed by atoms with Crippen LogP contribution in [0.1, 0.15) is 50.5 Å². The Morgan fingerprint density at radius 2 is 1.77 bits per heavy atom. The molecule has 0 amide bonds. The highest BCUT2D eigenvalue weighted by Crippen LogP contribution is 2.37. The van der Waals surface area contributed by atoms with Crippen molar-refractivity contribution in [1.29, 1.82) is 0 Å². The first-order chi connectivity index (χ1) is 17.8. The van der Waals surface area contributed by atoms with Gasteiger partial charge in [0.1, 0.15) is 5.75 Å². The number of ether oxygens (including phenoxy) is 1. The number of benzene rings is 2. The minimum absolute atomic E-state index is 0.0263. The number of aliphatic hydroxyl groups is 1. The van der Waals surface area contributed by atoms with Gasteiger partial charge in [-0.3, -0.25) is 13.9 Å². The maximum Gasteiger partial charge on any atom is 0.461 e. The van der Waals surface area contributed by atoms with Gasteiger partial charge in [0.15, 0.2) is 15.6 Å². The van der Waals surface area contributed by atoms with Crippen molar-refractivity contribution in [3.05, 3.63) is 58.5 Å². The molecule has 1 aliphatic rings. The molecule has 2 heterocycles. The smallest absolute Gasteiger partial charge is 0.428 e. The molecule has 1 atom stereocenters. The number of rotatable bonds is 9. The lowest BCUT2D eigenvalue weighted by Gasteiger charge is -2.37. The van der Waals surface area contributed by atoms with Gasteiger partial charge in [0, 0.05) is 23.5 Å². The highest BCUT2D eigenvalue weighted by Gasteiger charge is 2.46. The third-order valence-electron chi connectivity index (χ3n) is 6.91. The van der Waals surface area contributed by atoms with Gasteiger partial charge in [-0.15, -0.1) is 0 Å². The molecule has 0 radical (unpaired) electrons. The molecule has 4 rings (SSSR count). The van der Waals surface area contributed by atoms with E-state index in [0.717, 1.165) is 16.7 Å². The summed E-state index contributed by atoms with van der Waals surface area (Å²) in [4.78, 5) is 26.8. The summed E-state index contributed by atoms with van der Waals surface area (Å²) < 4.78 is 82.2. The van der Waals surface area contributed by atoms with Crippen molar-refractivity contribution < 1.29 is 40.6 Å². The van der Waals surface area contributed by atoms with Crippen LogP contribution in [0.4, 0.5) is 17.6 Å². The summed E-state index contributed by atoms with van der Waals surface area (Å²) in [6, 6.07) is 8.27. The van der Waals surface area contributed by atoms with Crippen molar-refractivity contribution in [2.45, 2.75) is 58.3 Å². The first-order valence-electron chi connectivity index (χ1n) is 12.0. The monoisotopic (exact) mass is 572 g/mol. The van der Waals surface area contributed by atoms with Crippen LogP contribution in [0, 0.1) is 5.41 Å². The second kappa shape index (κ2) is 9.47. The number of hydrogen-bond acceptors (Lipinski definition) is 6. The van der Waals surface area contributed by atoms with Crippen LogP contribution in [0.5, 0.6) is 5.75 Å². The van der Waals surface area contributed by atoms with Crippen molar-refractivity contribution in [3.8, 4) is 11.4 Å². The molecular formula is C26H28F4N2O6S. The molecule has 39 heavy (non-hydrogen) atoms. The van der Waals surface area contributed by atoms with E-state index in [-0.39, 0.29) is 46.0 Å². The van der Waals surface area contributed by atoms with E-state index in [1.807, 2.05) is 0 Å². The summed E-state index contributed by atoms with van der Waals surface area (Å²) in [5, 5.41) is 10.7. The van der Waals surface area contributed by atoms with E-state index in [1.54, 1.807) is 13.8 Å². The summed E-state index contributed by atoms with van der Waals surface area (Å²) in [5.74, 6) is -1.14. The molecule has 1 fully saturated rings. The van der Waals surface area contributed by atoms with Crippen LogP contribution in [0.15, 0.2) is 47.3 Å². The molecule has 1 unspecified atom stereocenters. The fourth-order valence-electron chi connectivity index (χ4n) is 4.83. The maximum atomic E-state index is 13.7. The number of halogens is 4. The van der Waals surface area contributed by atoms with Crippen LogP contribution in [0.3, 0.4) is 0 Å². The van der Waals surface area contributed by atoms with Crippen LogP contribution in [-0.2, 0) is 9.84 Å². The first-order valence-corrected chi connectivity index (χ1v) is 13.8. The average Bonchev–Trinajstić information content (AvgIpc) is 3.06. The van der Waals surface area contributed by atoms with Gasteiger partial charge in [-0.2, -0.15) is 17.6 Å². The third-order valence-corrected chi connectivity index (χ3v) is 9.19. The molecule has 1 N–H and O–H groups in total. The summed E-state index contributed by atoms with van der Waals surface area (Å²) in [7, 11) is -3.17. The van der Waals surface area contributed by atoms with E-state index in [4.69, 9.17) is 0 Å². The van der Waals surface area contributed by atoms with E-state index >= 15 is 0 Å². The number of Topliss-reactive ketones (excluding diaryl/α,β-unsaturated/α-hetero) is 1. The minimum atomic E-state index is -4.75. The number of carbonyl (C=O) groups excluding carboxylic acids is 1. The number of sulfone groups is 1. The Morgan fingerprint density at radius 3 is 2.33 bits per heavy atom. The highest BCUT2D eigenvalue weighted by atomic mass is 32.2. The van der Waals surface area contributed by atoms with Crippen LogP contribution in [0.2, 0.25) is 0 Å². The summed E-state index contributed by atoms with van der Waals surface area (Å²) >= 11 is 0. The Hall–Kier alpha value is -3.19. The summed E-state index contributed by atoms with van der Waals surface area (Å²) in [6.07, 6.45) is -8.85. The normalized spacial score (nSPS) is 17.7. The number of fused-ring (bicyclic) bond motifs is 1. The predicted molar refractivity (Wildman–Crippen MR) is 136 cm³/mol. The number of carbonyl (C=O) groups is 1. The van der Waals surface area contributed by atoms with Gasteiger partial charge >= 0.3 is 18.2 Å².